The molecule has 318 valence electrons. The quantitative estimate of drug-likeness (QED) is 0.0797. The van der Waals surface area contributed by atoms with E-state index in [4.69, 9.17) is 0 Å². The molecule has 3 aromatic carbocycles. The van der Waals surface area contributed by atoms with Gasteiger partial charge >= 0.3 is 0 Å². The zero-order valence-electron chi connectivity index (χ0n) is 39.7. The van der Waals surface area contributed by atoms with Crippen molar-refractivity contribution >= 4 is 0 Å². The van der Waals surface area contributed by atoms with Gasteiger partial charge in [0.05, 0.1) is 0 Å². The molecular weight excluding hydrogens is 673 g/mol. The minimum Gasteiger partial charge on any atom is -0.0654 e. The molecular formula is C56H94. The van der Waals surface area contributed by atoms with Crippen molar-refractivity contribution in [2.45, 2.75) is 248 Å². The van der Waals surface area contributed by atoms with E-state index < -0.39 is 0 Å². The molecule has 0 aliphatic rings. The van der Waals surface area contributed by atoms with Crippen LogP contribution in [0.15, 0.2) is 60.7 Å². The minimum absolute atomic E-state index is 0.241. The molecule has 0 amide bonds. The highest BCUT2D eigenvalue weighted by Gasteiger charge is 2.20. The van der Waals surface area contributed by atoms with Crippen molar-refractivity contribution in [1.29, 1.82) is 0 Å². The number of hydrogen-bond acceptors (Lipinski definition) is 0. The van der Waals surface area contributed by atoms with Crippen LogP contribution in [0, 0.1) is 20.8 Å². The number of unbranched alkanes of at least 4 members (excludes halogenated alkanes) is 18. The fourth-order valence-corrected chi connectivity index (χ4v) is 7.65. The zero-order chi connectivity index (χ0) is 41.7. The normalized spacial score (nSPS) is 11.5. The number of hydrogen-bond donors (Lipinski definition) is 0. The Labute approximate surface area is 351 Å². The van der Waals surface area contributed by atoms with Gasteiger partial charge in [0, 0.05) is 0 Å². The van der Waals surface area contributed by atoms with Crippen LogP contribution < -0.4 is 0 Å². The van der Waals surface area contributed by atoms with Crippen LogP contribution in [0.2, 0.25) is 0 Å². The van der Waals surface area contributed by atoms with Gasteiger partial charge in [-0.1, -0.05) is 244 Å². The van der Waals surface area contributed by atoms with Crippen molar-refractivity contribution in [2.24, 2.45) is 0 Å². The van der Waals surface area contributed by atoms with E-state index in [1.54, 1.807) is 11.1 Å². The molecule has 0 unspecified atom stereocenters. The van der Waals surface area contributed by atoms with Gasteiger partial charge in [0.15, 0.2) is 0 Å². The molecule has 0 aliphatic carbocycles. The second-order valence-corrected chi connectivity index (χ2v) is 19.4. The molecule has 0 bridgehead atoms. The van der Waals surface area contributed by atoms with Crippen LogP contribution in [0.3, 0.4) is 0 Å². The molecule has 0 atom stereocenters. The summed E-state index contributed by atoms with van der Waals surface area (Å²) in [4.78, 5) is 0. The molecule has 3 rings (SSSR count). The number of benzene rings is 3. The topological polar surface area (TPSA) is 0 Å². The maximum absolute atomic E-state index is 2.50. The Morgan fingerprint density at radius 3 is 1.20 bits per heavy atom. The average Bonchev–Trinajstić information content (AvgIpc) is 3.15. The van der Waals surface area contributed by atoms with Crippen LogP contribution in [0.5, 0.6) is 0 Å². The van der Waals surface area contributed by atoms with Gasteiger partial charge in [-0.05, 0) is 109 Å². The SMILES string of the molecule is CCCCCCCCCc1ccc(C)c(CCCCCCCCC)c1.CCCCCCCCCc1ccc(C)cc1.Cc1ccc(C(C)(C)C)cc1C(C)(C)C. The molecule has 0 aromatic heterocycles. The Morgan fingerprint density at radius 2 is 0.750 bits per heavy atom. The highest BCUT2D eigenvalue weighted by atomic mass is 14.2. The van der Waals surface area contributed by atoms with Crippen LogP contribution in [0.4, 0.5) is 0 Å². The minimum atomic E-state index is 0.241. The van der Waals surface area contributed by atoms with Crippen molar-refractivity contribution in [3.8, 4) is 0 Å². The van der Waals surface area contributed by atoms with E-state index in [0.717, 1.165) is 0 Å². The molecule has 0 heterocycles. The van der Waals surface area contributed by atoms with Crippen molar-refractivity contribution in [3.63, 3.8) is 0 Å². The van der Waals surface area contributed by atoms with Gasteiger partial charge in [-0.2, -0.15) is 0 Å². The highest BCUT2D eigenvalue weighted by Crippen LogP contribution is 2.31. The van der Waals surface area contributed by atoms with Crippen molar-refractivity contribution in [2.75, 3.05) is 0 Å². The van der Waals surface area contributed by atoms with Gasteiger partial charge in [-0.15, -0.1) is 0 Å². The Bertz CT molecular complexity index is 1360. The molecule has 0 N–H and O–H groups in total. The first-order chi connectivity index (χ1) is 26.7. The van der Waals surface area contributed by atoms with Crippen LogP contribution >= 0.6 is 0 Å². The molecule has 0 saturated heterocycles. The molecule has 0 spiro atoms. The van der Waals surface area contributed by atoms with Gasteiger partial charge < -0.3 is 0 Å². The third-order valence-corrected chi connectivity index (χ3v) is 11.6. The van der Waals surface area contributed by atoms with Gasteiger partial charge in [-0.25, -0.2) is 0 Å². The lowest BCUT2D eigenvalue weighted by Crippen LogP contribution is -2.17. The lowest BCUT2D eigenvalue weighted by atomic mass is 9.79. The van der Waals surface area contributed by atoms with E-state index in [1.807, 2.05) is 0 Å². The Kier molecular flexibility index (Phi) is 28.3. The van der Waals surface area contributed by atoms with Gasteiger partial charge in [-0.3, -0.25) is 0 Å². The Morgan fingerprint density at radius 1 is 0.357 bits per heavy atom. The zero-order valence-corrected chi connectivity index (χ0v) is 39.7. The summed E-state index contributed by atoms with van der Waals surface area (Å²) in [6.07, 6.45) is 33.3. The molecule has 0 fully saturated rings. The predicted octanol–water partition coefficient (Wildman–Crippen LogP) is 18.5. The van der Waals surface area contributed by atoms with E-state index in [0.29, 0.717) is 0 Å². The van der Waals surface area contributed by atoms with Crippen LogP contribution in [-0.2, 0) is 30.1 Å². The summed E-state index contributed by atoms with van der Waals surface area (Å²) in [7, 11) is 0. The van der Waals surface area contributed by atoms with Crippen molar-refractivity contribution < 1.29 is 0 Å². The van der Waals surface area contributed by atoms with E-state index in [1.165, 1.54) is 187 Å². The lowest BCUT2D eigenvalue weighted by molar-refractivity contribution is 0.566. The molecule has 0 heteroatoms. The predicted molar refractivity (Wildman–Crippen MR) is 256 cm³/mol. The smallest absolute Gasteiger partial charge is 0.0129 e. The monoisotopic (exact) mass is 767 g/mol. The molecule has 0 saturated carbocycles. The summed E-state index contributed by atoms with van der Waals surface area (Å²) >= 11 is 0. The van der Waals surface area contributed by atoms with Gasteiger partial charge in [0.1, 0.15) is 0 Å². The lowest BCUT2D eigenvalue weighted by Gasteiger charge is -2.26. The summed E-state index contributed by atoms with van der Waals surface area (Å²) in [5.41, 5.74) is 12.3. The summed E-state index contributed by atoms with van der Waals surface area (Å²) in [6.45, 7) is 27.1. The van der Waals surface area contributed by atoms with E-state index in [-0.39, 0.29) is 10.8 Å². The molecule has 3 aromatic rings. The van der Waals surface area contributed by atoms with E-state index >= 15 is 0 Å². The fraction of sp³-hybridized carbons (Fsp3) is 0.679. The maximum atomic E-state index is 2.50. The first kappa shape index (κ1) is 51.7. The molecule has 0 radical (unpaired) electrons. The first-order valence-electron chi connectivity index (χ1n) is 24.0. The second kappa shape index (κ2) is 30.7. The average molecular weight is 767 g/mol. The highest BCUT2D eigenvalue weighted by molar-refractivity contribution is 5.38. The van der Waals surface area contributed by atoms with Gasteiger partial charge in [0.25, 0.3) is 0 Å². The van der Waals surface area contributed by atoms with Gasteiger partial charge in [0.2, 0.25) is 0 Å². The molecule has 0 aliphatic heterocycles. The third kappa shape index (κ3) is 25.1. The maximum Gasteiger partial charge on any atom is -0.0129 e. The second-order valence-electron chi connectivity index (χ2n) is 19.4. The van der Waals surface area contributed by atoms with Crippen LogP contribution in [-0.4, -0.2) is 0 Å². The summed E-state index contributed by atoms with van der Waals surface area (Å²) < 4.78 is 0. The number of rotatable bonds is 24. The largest absolute Gasteiger partial charge is 0.0654 e. The van der Waals surface area contributed by atoms with Crippen LogP contribution in [0.25, 0.3) is 0 Å². The van der Waals surface area contributed by atoms with E-state index in [2.05, 4.69) is 144 Å². The third-order valence-electron chi connectivity index (χ3n) is 11.6. The van der Waals surface area contributed by atoms with E-state index in [9.17, 15) is 0 Å². The summed E-state index contributed by atoms with van der Waals surface area (Å²) in [6, 6.07) is 23.1. The Hall–Kier alpha value is -2.34. The summed E-state index contributed by atoms with van der Waals surface area (Å²) in [5.74, 6) is 0. The summed E-state index contributed by atoms with van der Waals surface area (Å²) in [5, 5.41) is 0. The van der Waals surface area contributed by atoms with Crippen molar-refractivity contribution in [3.05, 3.63) is 105 Å². The first-order valence-corrected chi connectivity index (χ1v) is 24.0. The Balaban J connectivity index is 0.000000440. The van der Waals surface area contributed by atoms with Crippen LogP contribution in [0.1, 0.15) is 242 Å². The standard InChI is InChI=1S/C25H44.C16H26.C15H24/c1-4-6-8-10-12-14-16-18-24-21-20-23(3)25(22-24)19-17-15-13-11-9-7-5-2;1-3-4-5-6-7-8-9-10-16-13-11-15(2)12-14-16;1-11-8-9-12(14(2,3)4)10-13(11)15(5,6)7/h20-22H,4-19H2,1-3H3;11-14H,3-10H2,1-2H3;8-10H,1-7H3. The fourth-order valence-electron chi connectivity index (χ4n) is 7.65. The molecule has 0 nitrogen and oxygen atoms in total. The van der Waals surface area contributed by atoms with Crippen molar-refractivity contribution in [1.82, 2.24) is 0 Å². The number of aryl methyl sites for hydroxylation is 6. The molecule has 56 heavy (non-hydrogen) atoms.